The van der Waals surface area contributed by atoms with E-state index in [4.69, 9.17) is 5.73 Å². The molecule has 1 amide bonds. The Morgan fingerprint density at radius 2 is 2.00 bits per heavy atom. The van der Waals surface area contributed by atoms with Crippen LogP contribution >= 0.6 is 0 Å². The molecule has 0 aromatic carbocycles. The summed E-state index contributed by atoms with van der Waals surface area (Å²) in [7, 11) is 1.76. The highest BCUT2D eigenvalue weighted by molar-refractivity contribution is 5.94. The summed E-state index contributed by atoms with van der Waals surface area (Å²) in [4.78, 5) is 11.9. The Kier molecular flexibility index (Phi) is 3.57. The fourth-order valence-corrected chi connectivity index (χ4v) is 1.36. The Morgan fingerprint density at radius 3 is 2.38 bits per heavy atom. The number of aromatic nitrogens is 2. The van der Waals surface area contributed by atoms with Gasteiger partial charge in [-0.3, -0.25) is 9.48 Å². The van der Waals surface area contributed by atoms with Crippen LogP contribution in [0.5, 0.6) is 0 Å². The molecular weight excluding hydrogens is 204 g/mol. The van der Waals surface area contributed by atoms with Crippen LogP contribution in [0.2, 0.25) is 0 Å². The van der Waals surface area contributed by atoms with E-state index in [2.05, 4.69) is 10.4 Å². The molecular formula is C11H20N4O. The Bertz CT molecular complexity index is 395. The number of nitrogens with zero attached hydrogens (tertiary/aromatic N) is 2. The van der Waals surface area contributed by atoms with E-state index >= 15 is 0 Å². The minimum Gasteiger partial charge on any atom is -0.394 e. The first-order chi connectivity index (χ1) is 7.34. The normalized spacial score (nSPS) is 12.9. The van der Waals surface area contributed by atoms with Crippen molar-refractivity contribution in [3.05, 3.63) is 5.69 Å². The third kappa shape index (κ3) is 2.35. The summed E-state index contributed by atoms with van der Waals surface area (Å²) < 4.78 is 1.59. The molecule has 1 atom stereocenters. The zero-order chi connectivity index (χ0) is 12.5. The average Bonchev–Trinajstić information content (AvgIpc) is 2.43. The van der Waals surface area contributed by atoms with Gasteiger partial charge in [-0.05, 0) is 12.8 Å². The van der Waals surface area contributed by atoms with Gasteiger partial charge in [0.05, 0.1) is 11.4 Å². The van der Waals surface area contributed by atoms with Gasteiger partial charge >= 0.3 is 0 Å². The maximum atomic E-state index is 11.9. The third-order valence-electron chi connectivity index (χ3n) is 2.92. The van der Waals surface area contributed by atoms with Crippen molar-refractivity contribution in [3.8, 4) is 0 Å². The summed E-state index contributed by atoms with van der Waals surface area (Å²) in [6.07, 6.45) is 0. The molecule has 0 aliphatic heterocycles. The van der Waals surface area contributed by atoms with E-state index in [0.29, 0.717) is 17.4 Å². The van der Waals surface area contributed by atoms with Gasteiger partial charge in [-0.25, -0.2) is 0 Å². The zero-order valence-corrected chi connectivity index (χ0v) is 10.5. The number of nitrogens with one attached hydrogen (secondary N) is 1. The molecule has 0 fully saturated rings. The van der Waals surface area contributed by atoms with E-state index in [1.807, 2.05) is 27.7 Å². The first-order valence-corrected chi connectivity index (χ1v) is 5.44. The van der Waals surface area contributed by atoms with Gasteiger partial charge in [0.15, 0.2) is 5.82 Å². The lowest BCUT2D eigenvalue weighted by Crippen LogP contribution is -2.25. The third-order valence-corrected chi connectivity index (χ3v) is 2.92. The molecule has 3 N–H and O–H groups in total. The van der Waals surface area contributed by atoms with Gasteiger partial charge in [-0.15, -0.1) is 0 Å². The molecule has 0 saturated carbocycles. The van der Waals surface area contributed by atoms with Crippen LogP contribution < -0.4 is 11.1 Å². The van der Waals surface area contributed by atoms with Gasteiger partial charge in [-0.1, -0.05) is 20.8 Å². The van der Waals surface area contributed by atoms with Gasteiger partial charge in [0, 0.05) is 13.0 Å². The first kappa shape index (κ1) is 12.5. The molecule has 0 aliphatic carbocycles. The van der Waals surface area contributed by atoms with Crippen LogP contribution in [-0.2, 0) is 11.8 Å². The number of anilines is 2. The Hall–Kier alpha value is -1.52. The molecule has 0 saturated heterocycles. The molecule has 5 nitrogen and oxygen atoms in total. The van der Waals surface area contributed by atoms with Crippen LogP contribution in [0, 0.1) is 18.8 Å². The van der Waals surface area contributed by atoms with Gasteiger partial charge in [0.2, 0.25) is 5.91 Å². The van der Waals surface area contributed by atoms with Gasteiger partial charge < -0.3 is 11.1 Å². The first-order valence-electron chi connectivity index (χ1n) is 5.44. The van der Waals surface area contributed by atoms with E-state index < -0.39 is 0 Å². The predicted octanol–water partition coefficient (Wildman–Crippen LogP) is 1.54. The highest BCUT2D eigenvalue weighted by Gasteiger charge is 2.19. The number of rotatable bonds is 3. The number of hydrogen-bond acceptors (Lipinski definition) is 3. The fraction of sp³-hybridized carbons (Fsp3) is 0.636. The van der Waals surface area contributed by atoms with Crippen molar-refractivity contribution in [2.24, 2.45) is 18.9 Å². The Balaban J connectivity index is 2.85. The summed E-state index contributed by atoms with van der Waals surface area (Å²) in [5.74, 6) is 0.810. The molecule has 0 bridgehead atoms. The second kappa shape index (κ2) is 4.55. The summed E-state index contributed by atoms with van der Waals surface area (Å²) in [5.41, 5.74) is 7.10. The Morgan fingerprint density at radius 1 is 1.44 bits per heavy atom. The second-order valence-corrected chi connectivity index (χ2v) is 4.49. The van der Waals surface area contributed by atoms with Gasteiger partial charge in [0.25, 0.3) is 0 Å². The standard InChI is InChI=1S/C11H20N4O/c1-6(2)7(3)11(16)13-10-9(12)8(4)14-15(10)5/h6-7H,12H2,1-5H3,(H,13,16). The minimum atomic E-state index is -0.0467. The molecule has 1 aromatic rings. The van der Waals surface area contributed by atoms with Crippen molar-refractivity contribution >= 4 is 17.4 Å². The highest BCUT2D eigenvalue weighted by atomic mass is 16.2. The van der Waals surface area contributed by atoms with E-state index in [9.17, 15) is 4.79 Å². The summed E-state index contributed by atoms with van der Waals surface area (Å²) in [6, 6.07) is 0. The summed E-state index contributed by atoms with van der Waals surface area (Å²) in [5, 5.41) is 6.96. The summed E-state index contributed by atoms with van der Waals surface area (Å²) in [6.45, 7) is 7.75. The van der Waals surface area contributed by atoms with E-state index in [-0.39, 0.29) is 11.8 Å². The lowest BCUT2D eigenvalue weighted by atomic mass is 9.97. The van der Waals surface area contributed by atoms with Gasteiger partial charge in [-0.2, -0.15) is 5.10 Å². The zero-order valence-electron chi connectivity index (χ0n) is 10.5. The van der Waals surface area contributed by atoms with Crippen LogP contribution in [0.3, 0.4) is 0 Å². The molecule has 16 heavy (non-hydrogen) atoms. The summed E-state index contributed by atoms with van der Waals surface area (Å²) >= 11 is 0. The number of nitrogens with two attached hydrogens (primary N) is 1. The van der Waals surface area contributed by atoms with Crippen LogP contribution in [0.4, 0.5) is 11.5 Å². The largest absolute Gasteiger partial charge is 0.394 e. The Labute approximate surface area is 96.0 Å². The molecule has 5 heteroatoms. The van der Waals surface area contributed by atoms with Gasteiger partial charge in [0.1, 0.15) is 0 Å². The van der Waals surface area contributed by atoms with Crippen molar-refractivity contribution in [1.82, 2.24) is 9.78 Å². The van der Waals surface area contributed by atoms with E-state index in [0.717, 1.165) is 5.69 Å². The van der Waals surface area contributed by atoms with Crippen LogP contribution in [0.1, 0.15) is 26.5 Å². The smallest absolute Gasteiger partial charge is 0.228 e. The van der Waals surface area contributed by atoms with Crippen molar-refractivity contribution < 1.29 is 4.79 Å². The minimum absolute atomic E-state index is 0.0234. The molecule has 1 aromatic heterocycles. The lowest BCUT2D eigenvalue weighted by molar-refractivity contribution is -0.120. The quantitative estimate of drug-likeness (QED) is 0.818. The second-order valence-electron chi connectivity index (χ2n) is 4.49. The number of carbonyl (C=O) groups is 1. The van der Waals surface area contributed by atoms with Crippen LogP contribution in [-0.4, -0.2) is 15.7 Å². The average molecular weight is 224 g/mol. The predicted molar refractivity (Wildman–Crippen MR) is 65.0 cm³/mol. The molecule has 1 unspecified atom stereocenters. The monoisotopic (exact) mass is 224 g/mol. The van der Waals surface area contributed by atoms with Crippen LogP contribution in [0.25, 0.3) is 0 Å². The lowest BCUT2D eigenvalue weighted by Gasteiger charge is -2.15. The van der Waals surface area contributed by atoms with Crippen molar-refractivity contribution in [2.75, 3.05) is 11.1 Å². The SMILES string of the molecule is Cc1nn(C)c(NC(=O)C(C)C(C)C)c1N. The van der Waals surface area contributed by atoms with E-state index in [1.165, 1.54) is 0 Å². The number of hydrogen-bond donors (Lipinski definition) is 2. The molecule has 0 radical (unpaired) electrons. The number of amides is 1. The number of carbonyl (C=O) groups excluding carboxylic acids is 1. The molecule has 0 spiro atoms. The number of aryl methyl sites for hydroxylation is 2. The van der Waals surface area contributed by atoms with E-state index in [1.54, 1.807) is 11.7 Å². The topological polar surface area (TPSA) is 72.9 Å². The molecule has 0 aliphatic rings. The van der Waals surface area contributed by atoms with Crippen molar-refractivity contribution in [1.29, 1.82) is 0 Å². The fourth-order valence-electron chi connectivity index (χ4n) is 1.36. The molecule has 1 rings (SSSR count). The molecule has 90 valence electrons. The maximum Gasteiger partial charge on any atom is 0.228 e. The van der Waals surface area contributed by atoms with Crippen molar-refractivity contribution in [2.45, 2.75) is 27.7 Å². The van der Waals surface area contributed by atoms with Crippen molar-refractivity contribution in [3.63, 3.8) is 0 Å². The van der Waals surface area contributed by atoms with Crippen LogP contribution in [0.15, 0.2) is 0 Å². The number of nitrogen functional groups attached to an aromatic ring is 1. The molecule has 1 heterocycles. The highest BCUT2D eigenvalue weighted by Crippen LogP contribution is 2.22. The maximum absolute atomic E-state index is 11.9.